The van der Waals surface area contributed by atoms with E-state index in [-0.39, 0.29) is 29.0 Å². The maximum absolute atomic E-state index is 12.7. The van der Waals surface area contributed by atoms with Gasteiger partial charge in [-0.05, 0) is 45.2 Å². The Bertz CT molecular complexity index is 626. The zero-order chi connectivity index (χ0) is 18.9. The van der Waals surface area contributed by atoms with E-state index in [1.165, 1.54) is 12.7 Å². The van der Waals surface area contributed by atoms with Gasteiger partial charge in [0.25, 0.3) is 0 Å². The highest BCUT2D eigenvalue weighted by molar-refractivity contribution is 8.00. The zero-order valence-electron chi connectivity index (χ0n) is 15.8. The Balaban J connectivity index is 2.28. The van der Waals surface area contributed by atoms with Crippen LogP contribution in [0.4, 0.5) is 0 Å². The quantitative estimate of drug-likeness (QED) is 0.394. The number of rotatable bonds is 7. The van der Waals surface area contributed by atoms with Crippen molar-refractivity contribution in [2.45, 2.75) is 49.7 Å². The molecule has 0 spiro atoms. The summed E-state index contributed by atoms with van der Waals surface area (Å²) < 4.78 is 10.2. The first kappa shape index (κ1) is 20.6. The molecule has 0 amide bonds. The average Bonchev–Trinajstić information content (AvgIpc) is 2.67. The third-order valence-electron chi connectivity index (χ3n) is 4.63. The van der Waals surface area contributed by atoms with E-state index in [0.717, 1.165) is 30.6 Å². The normalized spacial score (nSPS) is 21.0. The summed E-state index contributed by atoms with van der Waals surface area (Å²) in [6.07, 6.45) is 6.01. The van der Waals surface area contributed by atoms with Crippen LogP contribution in [-0.2, 0) is 19.1 Å². The second-order valence-electron chi connectivity index (χ2n) is 6.51. The minimum Gasteiger partial charge on any atom is -0.469 e. The van der Waals surface area contributed by atoms with Crippen LogP contribution >= 0.6 is 11.8 Å². The molecule has 0 unspecified atom stereocenters. The third kappa shape index (κ3) is 5.63. The van der Waals surface area contributed by atoms with Gasteiger partial charge in [-0.3, -0.25) is 9.59 Å². The summed E-state index contributed by atoms with van der Waals surface area (Å²) in [5.74, 6) is -0.643. The zero-order valence-corrected chi connectivity index (χ0v) is 16.6. The predicted octanol–water partition coefficient (Wildman–Crippen LogP) is 4.64. The third-order valence-corrected chi connectivity index (χ3v) is 5.95. The van der Waals surface area contributed by atoms with Crippen molar-refractivity contribution in [3.63, 3.8) is 0 Å². The monoisotopic (exact) mass is 376 g/mol. The molecule has 3 atom stereocenters. The van der Waals surface area contributed by atoms with Gasteiger partial charge in [-0.2, -0.15) is 0 Å². The van der Waals surface area contributed by atoms with Crippen molar-refractivity contribution in [2.75, 3.05) is 13.7 Å². The van der Waals surface area contributed by atoms with Crippen molar-refractivity contribution in [1.82, 2.24) is 0 Å². The first-order valence-corrected chi connectivity index (χ1v) is 10.1. The van der Waals surface area contributed by atoms with Crippen molar-refractivity contribution in [1.29, 1.82) is 0 Å². The summed E-state index contributed by atoms with van der Waals surface area (Å²) in [6, 6.07) is 9.94. The van der Waals surface area contributed by atoms with E-state index in [2.05, 4.69) is 0 Å². The lowest BCUT2D eigenvalue weighted by atomic mass is 9.80. The van der Waals surface area contributed by atoms with Crippen molar-refractivity contribution >= 4 is 23.7 Å². The highest BCUT2D eigenvalue weighted by atomic mass is 32.2. The van der Waals surface area contributed by atoms with E-state index in [9.17, 15) is 9.59 Å². The lowest BCUT2D eigenvalue weighted by Gasteiger charge is -2.31. The Morgan fingerprint density at radius 1 is 1.23 bits per heavy atom. The topological polar surface area (TPSA) is 52.6 Å². The van der Waals surface area contributed by atoms with Crippen LogP contribution in [0.1, 0.15) is 39.5 Å². The molecule has 142 valence electrons. The molecule has 0 N–H and O–H groups in total. The number of hydrogen-bond acceptors (Lipinski definition) is 5. The molecule has 0 aliphatic heterocycles. The van der Waals surface area contributed by atoms with Crippen molar-refractivity contribution in [2.24, 2.45) is 11.8 Å². The molecule has 26 heavy (non-hydrogen) atoms. The van der Waals surface area contributed by atoms with Crippen molar-refractivity contribution in [3.8, 4) is 0 Å². The molecular formula is C21H28O4S. The number of carbonyl (C=O) groups excluding carboxylic acids is 2. The Morgan fingerprint density at radius 3 is 2.62 bits per heavy atom. The Labute approximate surface area is 160 Å². The van der Waals surface area contributed by atoms with Crippen LogP contribution in [0, 0.1) is 11.8 Å². The smallest absolute Gasteiger partial charge is 0.320 e. The van der Waals surface area contributed by atoms with E-state index >= 15 is 0 Å². The fourth-order valence-corrected chi connectivity index (χ4v) is 4.60. The summed E-state index contributed by atoms with van der Waals surface area (Å²) in [4.78, 5) is 25.6. The van der Waals surface area contributed by atoms with Crippen LogP contribution in [0.15, 0.2) is 46.9 Å². The molecule has 0 bridgehead atoms. The van der Waals surface area contributed by atoms with Crippen LogP contribution in [-0.4, -0.2) is 30.9 Å². The molecule has 0 radical (unpaired) electrons. The summed E-state index contributed by atoms with van der Waals surface area (Å²) in [7, 11) is 1.41. The molecule has 1 saturated carbocycles. The minimum atomic E-state index is -0.305. The van der Waals surface area contributed by atoms with Gasteiger partial charge in [0, 0.05) is 10.8 Å². The summed E-state index contributed by atoms with van der Waals surface area (Å²) >= 11 is 1.56. The molecule has 0 heterocycles. The number of thioether (sulfide) groups is 1. The van der Waals surface area contributed by atoms with Gasteiger partial charge in [-0.1, -0.05) is 36.3 Å². The summed E-state index contributed by atoms with van der Waals surface area (Å²) in [5, 5.41) is -0.297. The molecule has 1 aromatic carbocycles. The van der Waals surface area contributed by atoms with E-state index in [1.54, 1.807) is 11.8 Å². The lowest BCUT2D eigenvalue weighted by Crippen LogP contribution is -2.32. The van der Waals surface area contributed by atoms with E-state index in [0.29, 0.717) is 6.61 Å². The number of esters is 2. The van der Waals surface area contributed by atoms with Gasteiger partial charge in [-0.25, -0.2) is 0 Å². The number of methoxy groups -OCH3 is 1. The molecule has 0 saturated heterocycles. The number of carbonyl (C=O) groups is 2. The van der Waals surface area contributed by atoms with Crippen LogP contribution in [0.5, 0.6) is 0 Å². The average molecular weight is 377 g/mol. The molecule has 1 aliphatic rings. The number of benzene rings is 1. The number of hydrogen-bond donors (Lipinski definition) is 0. The van der Waals surface area contributed by atoms with Gasteiger partial charge in [0.05, 0.1) is 19.6 Å². The molecule has 2 rings (SSSR count). The maximum atomic E-state index is 12.7. The van der Waals surface area contributed by atoms with E-state index < -0.39 is 0 Å². The molecule has 1 aromatic rings. The summed E-state index contributed by atoms with van der Waals surface area (Å²) in [6.45, 7) is 4.04. The lowest BCUT2D eigenvalue weighted by molar-refractivity contribution is -0.143. The van der Waals surface area contributed by atoms with Crippen LogP contribution in [0.25, 0.3) is 0 Å². The standard InChI is InChI=1S/C21H28O4S/c1-4-25-21(23)19(26-17-11-6-5-7-12-17)18-13-9-8-10-16(18)14-15(2)20(22)24-3/h5-7,11-12,14-15,18-19H,4,8-10,13H2,1-3H3/b16-14+/t15-,18+,19-/m0/s1. The first-order chi connectivity index (χ1) is 12.6. The van der Waals surface area contributed by atoms with Crippen molar-refractivity contribution < 1.29 is 19.1 Å². The van der Waals surface area contributed by atoms with Gasteiger partial charge in [0.15, 0.2) is 0 Å². The second-order valence-corrected chi connectivity index (χ2v) is 7.72. The molecule has 1 fully saturated rings. The van der Waals surface area contributed by atoms with Gasteiger partial charge in [0.2, 0.25) is 0 Å². The van der Waals surface area contributed by atoms with Crippen molar-refractivity contribution in [3.05, 3.63) is 42.0 Å². The van der Waals surface area contributed by atoms with E-state index in [4.69, 9.17) is 9.47 Å². The second kappa shape index (κ2) is 10.4. The Kier molecular flexibility index (Phi) is 8.23. The maximum Gasteiger partial charge on any atom is 0.320 e. The molecule has 4 nitrogen and oxygen atoms in total. The SMILES string of the molecule is CCOC(=O)[C@@H](Sc1ccccc1)[C@@H]1CCCC/C1=C\[C@H](C)C(=O)OC. The highest BCUT2D eigenvalue weighted by Crippen LogP contribution is 2.40. The van der Waals surface area contributed by atoms with Crippen LogP contribution in [0.3, 0.4) is 0 Å². The molecule has 0 aromatic heterocycles. The molecule has 1 aliphatic carbocycles. The number of allylic oxidation sites excluding steroid dienone is 1. The van der Waals surface area contributed by atoms with Crippen LogP contribution in [0.2, 0.25) is 0 Å². The Morgan fingerprint density at radius 2 is 1.96 bits per heavy atom. The van der Waals surface area contributed by atoms with Gasteiger partial charge >= 0.3 is 11.9 Å². The fourth-order valence-electron chi connectivity index (χ4n) is 3.36. The van der Waals surface area contributed by atoms with Gasteiger partial charge < -0.3 is 9.47 Å². The number of ether oxygens (including phenoxy) is 2. The minimum absolute atomic E-state index is 0.0834. The fraction of sp³-hybridized carbons (Fsp3) is 0.524. The molecular weight excluding hydrogens is 348 g/mol. The van der Waals surface area contributed by atoms with Crippen LogP contribution < -0.4 is 0 Å². The predicted molar refractivity (Wildman–Crippen MR) is 104 cm³/mol. The van der Waals surface area contributed by atoms with Gasteiger partial charge in [-0.15, -0.1) is 11.8 Å². The first-order valence-electron chi connectivity index (χ1n) is 9.23. The largest absolute Gasteiger partial charge is 0.469 e. The highest BCUT2D eigenvalue weighted by Gasteiger charge is 2.35. The molecule has 5 heteroatoms. The van der Waals surface area contributed by atoms with Gasteiger partial charge in [0.1, 0.15) is 5.25 Å². The van der Waals surface area contributed by atoms with E-state index in [1.807, 2.05) is 50.3 Å². The summed E-state index contributed by atoms with van der Waals surface area (Å²) in [5.41, 5.74) is 1.18. The Hall–Kier alpha value is -1.75.